The Labute approximate surface area is 160 Å². The summed E-state index contributed by atoms with van der Waals surface area (Å²) >= 11 is 0. The van der Waals surface area contributed by atoms with Gasteiger partial charge < -0.3 is 5.73 Å². The molecule has 150 valence electrons. The second-order valence-corrected chi connectivity index (χ2v) is 10.1. The third-order valence-corrected chi connectivity index (χ3v) is 7.71. The van der Waals surface area contributed by atoms with E-state index in [0.29, 0.717) is 11.5 Å². The summed E-state index contributed by atoms with van der Waals surface area (Å²) in [5.41, 5.74) is 6.66. The van der Waals surface area contributed by atoms with E-state index < -0.39 is 19.9 Å². The summed E-state index contributed by atoms with van der Waals surface area (Å²) in [5, 5.41) is 10.3. The monoisotopic (exact) mass is 396 g/mol. The standard InChI is InChI=1S/C12H21N.C7H7NO5S/c1-8(13)12-5-9-2-10(6-12)4-11(3-9)7-12;1-5-2-3-6(8(9)10)4-7(5)14(11,12)13/h8-11H,2-7,13H2,1H3;2-4H,1H3,(H,11,12,13). The van der Waals surface area contributed by atoms with Crippen molar-refractivity contribution >= 4 is 15.8 Å². The summed E-state index contributed by atoms with van der Waals surface area (Å²) in [4.78, 5) is 9.15. The van der Waals surface area contributed by atoms with Gasteiger partial charge in [-0.05, 0) is 81.1 Å². The molecule has 0 aromatic heterocycles. The molecule has 8 heteroatoms. The average Bonchev–Trinajstić information content (AvgIpc) is 2.53. The number of rotatable bonds is 3. The van der Waals surface area contributed by atoms with Gasteiger partial charge in [0.2, 0.25) is 0 Å². The molecule has 4 fully saturated rings. The lowest BCUT2D eigenvalue weighted by atomic mass is 9.48. The molecule has 0 aliphatic heterocycles. The Balaban J connectivity index is 0.000000156. The third-order valence-electron chi connectivity index (χ3n) is 6.71. The van der Waals surface area contributed by atoms with E-state index in [2.05, 4.69) is 6.92 Å². The van der Waals surface area contributed by atoms with Crippen LogP contribution in [0.4, 0.5) is 5.69 Å². The summed E-state index contributed by atoms with van der Waals surface area (Å²) in [5.74, 6) is 3.16. The Morgan fingerprint density at radius 2 is 1.67 bits per heavy atom. The average molecular weight is 397 g/mol. The van der Waals surface area contributed by atoms with Crippen molar-refractivity contribution in [1.82, 2.24) is 0 Å². The number of benzene rings is 1. The van der Waals surface area contributed by atoms with Crippen LogP contribution in [0.1, 0.15) is 51.0 Å². The number of hydrogen-bond donors (Lipinski definition) is 2. The maximum absolute atomic E-state index is 10.8. The summed E-state index contributed by atoms with van der Waals surface area (Å²) in [6.07, 6.45) is 8.97. The van der Waals surface area contributed by atoms with Crippen molar-refractivity contribution in [2.75, 3.05) is 0 Å². The highest BCUT2D eigenvalue weighted by Crippen LogP contribution is 2.60. The van der Waals surface area contributed by atoms with E-state index in [-0.39, 0.29) is 11.3 Å². The number of aryl methyl sites for hydroxylation is 1. The Morgan fingerprint density at radius 3 is 2.04 bits per heavy atom. The van der Waals surface area contributed by atoms with E-state index in [9.17, 15) is 18.5 Å². The van der Waals surface area contributed by atoms with Gasteiger partial charge in [-0.2, -0.15) is 8.42 Å². The molecule has 0 saturated heterocycles. The summed E-state index contributed by atoms with van der Waals surface area (Å²) < 4.78 is 30.2. The molecule has 1 aromatic carbocycles. The van der Waals surface area contributed by atoms with Crippen molar-refractivity contribution in [2.45, 2.75) is 63.3 Å². The zero-order valence-electron chi connectivity index (χ0n) is 15.8. The maximum atomic E-state index is 10.8. The van der Waals surface area contributed by atoms with E-state index in [1.54, 1.807) is 0 Å². The number of nitrogens with zero attached hydrogens (tertiary/aromatic N) is 1. The second-order valence-electron chi connectivity index (χ2n) is 8.75. The molecular formula is C19H28N2O5S. The van der Waals surface area contributed by atoms with Crippen LogP contribution in [0.5, 0.6) is 0 Å². The fraction of sp³-hybridized carbons (Fsp3) is 0.684. The van der Waals surface area contributed by atoms with Crippen LogP contribution in [0.2, 0.25) is 0 Å². The van der Waals surface area contributed by atoms with Crippen molar-refractivity contribution in [3.8, 4) is 0 Å². The molecule has 1 unspecified atom stereocenters. The van der Waals surface area contributed by atoms with Gasteiger partial charge in [0.25, 0.3) is 15.8 Å². The van der Waals surface area contributed by atoms with Crippen LogP contribution in [0.3, 0.4) is 0 Å². The Morgan fingerprint density at radius 1 is 1.19 bits per heavy atom. The van der Waals surface area contributed by atoms with Crippen molar-refractivity contribution in [1.29, 1.82) is 0 Å². The van der Waals surface area contributed by atoms with E-state index in [0.717, 1.165) is 23.8 Å². The first-order valence-electron chi connectivity index (χ1n) is 9.48. The van der Waals surface area contributed by atoms with Crippen molar-refractivity contribution in [3.63, 3.8) is 0 Å². The van der Waals surface area contributed by atoms with Crippen molar-refractivity contribution in [3.05, 3.63) is 33.9 Å². The van der Waals surface area contributed by atoms with Gasteiger partial charge in [0.15, 0.2) is 0 Å². The molecule has 4 bridgehead atoms. The minimum absolute atomic E-state index is 0.262. The predicted octanol–water partition coefficient (Wildman–Crippen LogP) is 3.70. The Bertz CT molecular complexity index is 799. The SMILES string of the molecule is CC(N)C12CC3CC(CC(C3)C1)C2.Cc1ccc([N+](=O)[O-])cc1S(=O)(=O)O. The fourth-order valence-corrected chi connectivity index (χ4v) is 6.46. The van der Waals surface area contributed by atoms with Crippen molar-refractivity contribution in [2.24, 2.45) is 28.9 Å². The van der Waals surface area contributed by atoms with Gasteiger partial charge in [-0.3, -0.25) is 14.7 Å². The molecule has 0 spiro atoms. The van der Waals surface area contributed by atoms with Crippen LogP contribution in [-0.4, -0.2) is 23.9 Å². The molecule has 27 heavy (non-hydrogen) atoms. The van der Waals surface area contributed by atoms with E-state index in [1.165, 1.54) is 57.6 Å². The largest absolute Gasteiger partial charge is 0.327 e. The van der Waals surface area contributed by atoms with Gasteiger partial charge in [-0.1, -0.05) is 6.07 Å². The third kappa shape index (κ3) is 4.17. The van der Waals surface area contributed by atoms with Gasteiger partial charge in [0, 0.05) is 18.2 Å². The van der Waals surface area contributed by atoms with E-state index in [4.69, 9.17) is 10.3 Å². The molecule has 1 atom stereocenters. The molecule has 4 aliphatic rings. The van der Waals surface area contributed by atoms with E-state index in [1.807, 2.05) is 0 Å². The molecule has 4 aliphatic carbocycles. The molecule has 7 nitrogen and oxygen atoms in total. The lowest BCUT2D eigenvalue weighted by Crippen LogP contribution is -2.53. The molecular weight excluding hydrogens is 368 g/mol. The van der Waals surface area contributed by atoms with Gasteiger partial charge in [0.1, 0.15) is 4.90 Å². The van der Waals surface area contributed by atoms with Crippen molar-refractivity contribution < 1.29 is 17.9 Å². The van der Waals surface area contributed by atoms with Crippen LogP contribution >= 0.6 is 0 Å². The quantitative estimate of drug-likeness (QED) is 0.456. The first-order chi connectivity index (χ1) is 12.5. The molecule has 5 rings (SSSR count). The molecule has 0 radical (unpaired) electrons. The molecule has 4 saturated carbocycles. The number of nitro groups is 1. The Hall–Kier alpha value is -1.51. The van der Waals surface area contributed by atoms with E-state index >= 15 is 0 Å². The van der Waals surface area contributed by atoms with Crippen LogP contribution in [0, 0.1) is 40.2 Å². The first-order valence-corrected chi connectivity index (χ1v) is 10.9. The highest BCUT2D eigenvalue weighted by molar-refractivity contribution is 7.85. The number of nitro benzene ring substituents is 1. The first kappa shape index (κ1) is 20.2. The molecule has 0 amide bonds. The van der Waals surface area contributed by atoms with Gasteiger partial charge in [0.05, 0.1) is 4.92 Å². The van der Waals surface area contributed by atoms with Gasteiger partial charge in [-0.25, -0.2) is 0 Å². The molecule has 0 heterocycles. The Kier molecular flexibility index (Phi) is 5.35. The van der Waals surface area contributed by atoms with Crippen LogP contribution in [0.25, 0.3) is 0 Å². The van der Waals surface area contributed by atoms with Gasteiger partial charge >= 0.3 is 0 Å². The minimum atomic E-state index is -4.39. The smallest absolute Gasteiger partial charge is 0.295 e. The molecule has 3 N–H and O–H groups in total. The number of non-ortho nitro benzene ring substituents is 1. The summed E-state index contributed by atoms with van der Waals surface area (Å²) in [6, 6.07) is 3.71. The molecule has 1 aromatic rings. The number of nitrogens with two attached hydrogens (primary N) is 1. The summed E-state index contributed by atoms with van der Waals surface area (Å²) in [7, 11) is -4.39. The zero-order valence-corrected chi connectivity index (χ0v) is 16.6. The number of hydrogen-bond acceptors (Lipinski definition) is 5. The fourth-order valence-electron chi connectivity index (χ4n) is 5.72. The maximum Gasteiger partial charge on any atom is 0.295 e. The second kappa shape index (κ2) is 7.14. The topological polar surface area (TPSA) is 124 Å². The van der Waals surface area contributed by atoms with Crippen LogP contribution in [0.15, 0.2) is 23.1 Å². The highest BCUT2D eigenvalue weighted by Gasteiger charge is 2.52. The lowest BCUT2D eigenvalue weighted by molar-refractivity contribution is -0.385. The normalized spacial score (nSPS) is 32.5. The van der Waals surface area contributed by atoms with Crippen LogP contribution < -0.4 is 5.73 Å². The predicted molar refractivity (Wildman–Crippen MR) is 102 cm³/mol. The zero-order chi connectivity index (χ0) is 20.0. The van der Waals surface area contributed by atoms with Crippen LogP contribution in [-0.2, 0) is 10.1 Å². The lowest BCUT2D eigenvalue weighted by Gasteiger charge is -2.58. The highest BCUT2D eigenvalue weighted by atomic mass is 32.2. The van der Waals surface area contributed by atoms with Gasteiger partial charge in [-0.15, -0.1) is 0 Å². The summed E-state index contributed by atoms with van der Waals surface area (Å²) in [6.45, 7) is 3.68. The minimum Gasteiger partial charge on any atom is -0.327 e.